The highest BCUT2D eigenvalue weighted by molar-refractivity contribution is 5.70. The van der Waals surface area contributed by atoms with Gasteiger partial charge in [-0.15, -0.1) is 0 Å². The predicted octanol–water partition coefficient (Wildman–Crippen LogP) is 22.6. The van der Waals surface area contributed by atoms with E-state index in [4.69, 9.17) is 9.47 Å². The van der Waals surface area contributed by atoms with E-state index < -0.39 is 6.10 Å². The van der Waals surface area contributed by atoms with Crippen LogP contribution in [0.5, 0.6) is 0 Å². The van der Waals surface area contributed by atoms with Crippen molar-refractivity contribution in [1.29, 1.82) is 0 Å². The van der Waals surface area contributed by atoms with E-state index in [-0.39, 0.29) is 25.2 Å². The molecule has 0 aliphatic heterocycles. The van der Waals surface area contributed by atoms with Crippen molar-refractivity contribution in [2.24, 2.45) is 0 Å². The lowest BCUT2D eigenvalue weighted by atomic mass is 10.0. The molecule has 0 saturated carbocycles. The van der Waals surface area contributed by atoms with Gasteiger partial charge >= 0.3 is 11.9 Å². The first kappa shape index (κ1) is 75.0. The molecule has 80 heavy (non-hydrogen) atoms. The van der Waals surface area contributed by atoms with Gasteiger partial charge in [0.05, 0.1) is 6.61 Å². The van der Waals surface area contributed by atoms with Crippen LogP contribution in [0, 0.1) is 0 Å². The predicted molar refractivity (Wildman–Crippen MR) is 352 cm³/mol. The molecule has 448 valence electrons. The molecule has 0 spiro atoms. The van der Waals surface area contributed by atoms with Gasteiger partial charge in [-0.2, -0.15) is 0 Å². The van der Waals surface area contributed by atoms with Crippen LogP contribution in [0.4, 0.5) is 0 Å². The first-order chi connectivity index (χ1) is 39.6. The summed E-state index contributed by atoms with van der Waals surface area (Å²) >= 11 is 0. The number of ether oxygens (including phenoxy) is 2. The number of aliphatic hydroxyl groups excluding tert-OH is 1. The van der Waals surface area contributed by atoms with Crippen LogP contribution in [0.15, 0.2) is 182 Å². The third-order valence-corrected chi connectivity index (χ3v) is 13.2. The lowest BCUT2D eigenvalue weighted by Gasteiger charge is -2.15. The number of hydrogen-bond acceptors (Lipinski definition) is 5. The normalized spacial score (nSPS) is 13.5. The molecular formula is C75H118O5. The van der Waals surface area contributed by atoms with Crippen molar-refractivity contribution in [3.05, 3.63) is 182 Å². The Hall–Kier alpha value is -5.00. The van der Waals surface area contributed by atoms with Gasteiger partial charge < -0.3 is 14.6 Å². The van der Waals surface area contributed by atoms with Crippen LogP contribution < -0.4 is 0 Å². The highest BCUT2D eigenvalue weighted by Gasteiger charge is 2.16. The van der Waals surface area contributed by atoms with Crippen molar-refractivity contribution >= 4 is 11.9 Å². The first-order valence-corrected chi connectivity index (χ1v) is 32.3. The fourth-order valence-corrected chi connectivity index (χ4v) is 8.43. The molecule has 0 aromatic carbocycles. The number of unbranched alkanes of at least 4 members (excludes halogenated alkanes) is 19. The Balaban J connectivity index is 3.60. The van der Waals surface area contributed by atoms with Crippen LogP contribution in [0.3, 0.4) is 0 Å². The number of allylic oxidation sites excluding steroid dienone is 30. The number of aliphatic hydroxyl groups is 1. The summed E-state index contributed by atoms with van der Waals surface area (Å²) < 4.78 is 10.7. The van der Waals surface area contributed by atoms with E-state index in [2.05, 4.69) is 196 Å². The number of hydrogen-bond donors (Lipinski definition) is 1. The molecule has 0 aromatic heterocycles. The molecule has 0 aliphatic rings. The van der Waals surface area contributed by atoms with E-state index in [0.29, 0.717) is 12.8 Å². The average molecular weight is 1100 g/mol. The van der Waals surface area contributed by atoms with Crippen molar-refractivity contribution in [2.45, 2.75) is 264 Å². The molecule has 0 heterocycles. The Bertz CT molecular complexity index is 1820. The quantitative estimate of drug-likeness (QED) is 0.0373. The van der Waals surface area contributed by atoms with Crippen LogP contribution in [-0.2, 0) is 19.1 Å². The van der Waals surface area contributed by atoms with Crippen LogP contribution in [0.1, 0.15) is 258 Å². The monoisotopic (exact) mass is 1100 g/mol. The smallest absolute Gasteiger partial charge is 0.306 e. The van der Waals surface area contributed by atoms with E-state index in [1.807, 2.05) is 0 Å². The van der Waals surface area contributed by atoms with Gasteiger partial charge in [-0.25, -0.2) is 0 Å². The Labute approximate surface area is 493 Å². The largest absolute Gasteiger partial charge is 0.462 e. The molecule has 5 heteroatoms. The molecule has 1 atom stereocenters. The molecule has 0 aromatic rings. The summed E-state index contributed by atoms with van der Waals surface area (Å²) in [6.45, 7) is 3.88. The van der Waals surface area contributed by atoms with Crippen molar-refractivity contribution in [2.75, 3.05) is 13.2 Å². The van der Waals surface area contributed by atoms with Crippen LogP contribution >= 0.6 is 0 Å². The molecule has 0 saturated heterocycles. The molecule has 1 unspecified atom stereocenters. The fraction of sp³-hybridized carbons (Fsp3) is 0.573. The molecule has 0 amide bonds. The number of carbonyl (C=O) groups is 2. The standard InChI is InChI=1S/C75H118O5/c1-3-5-7-9-11-13-15-17-19-21-23-25-27-29-31-33-35-36-37-38-40-41-43-45-47-49-51-53-55-57-59-61-63-65-67-69-74(77)79-72-73(71-76)80-75(78)70-68-66-64-62-60-58-56-54-52-50-48-46-44-42-39-34-32-30-28-26-24-22-20-18-16-14-12-10-8-6-4-2/h5-8,11-14,17-20,23-26,29-32,35-36,39,42,46,48,52,54,58,60,73,76H,3-4,9-10,15-16,21-22,27-28,33-34,37-38,40-41,43-45,47,49-51,53,55-57,59,61-72H2,1-2H3/b7-5-,8-6-,13-11-,14-12-,19-17-,20-18-,25-23-,26-24-,31-29-,32-30-,36-35-,42-39-,48-46-,54-52-,60-58-. The van der Waals surface area contributed by atoms with E-state index in [9.17, 15) is 14.7 Å². The highest BCUT2D eigenvalue weighted by Crippen LogP contribution is 2.15. The zero-order valence-electron chi connectivity index (χ0n) is 51.3. The van der Waals surface area contributed by atoms with E-state index in [0.717, 1.165) is 141 Å². The fourth-order valence-electron chi connectivity index (χ4n) is 8.43. The number of carbonyl (C=O) groups excluding carboxylic acids is 2. The molecule has 5 nitrogen and oxygen atoms in total. The van der Waals surface area contributed by atoms with Crippen molar-refractivity contribution < 1.29 is 24.2 Å². The third kappa shape index (κ3) is 65.5. The summed E-state index contributed by atoms with van der Waals surface area (Å²) in [6, 6.07) is 0. The van der Waals surface area contributed by atoms with Crippen molar-refractivity contribution in [3.63, 3.8) is 0 Å². The second kappa shape index (κ2) is 68.3. The summed E-state index contributed by atoms with van der Waals surface area (Å²) in [7, 11) is 0. The molecular weight excluding hydrogens is 981 g/mol. The summed E-state index contributed by atoms with van der Waals surface area (Å²) in [5.74, 6) is -0.637. The Morgan fingerprint density at radius 1 is 0.287 bits per heavy atom. The second-order valence-electron chi connectivity index (χ2n) is 20.7. The Morgan fingerprint density at radius 3 is 0.762 bits per heavy atom. The maximum atomic E-state index is 12.3. The first-order valence-electron chi connectivity index (χ1n) is 32.3. The summed E-state index contributed by atoms with van der Waals surface area (Å²) in [5, 5.41) is 9.68. The van der Waals surface area contributed by atoms with Gasteiger partial charge in [0.15, 0.2) is 6.10 Å². The van der Waals surface area contributed by atoms with Gasteiger partial charge in [-0.1, -0.05) is 292 Å². The zero-order valence-corrected chi connectivity index (χ0v) is 51.3. The minimum Gasteiger partial charge on any atom is -0.462 e. The van der Waals surface area contributed by atoms with Gasteiger partial charge in [0.2, 0.25) is 0 Å². The highest BCUT2D eigenvalue weighted by atomic mass is 16.6. The van der Waals surface area contributed by atoms with Crippen LogP contribution in [0.25, 0.3) is 0 Å². The number of rotatable bonds is 57. The molecule has 0 bridgehead atoms. The summed E-state index contributed by atoms with van der Waals surface area (Å²) in [4.78, 5) is 24.6. The van der Waals surface area contributed by atoms with Gasteiger partial charge in [0, 0.05) is 12.8 Å². The van der Waals surface area contributed by atoms with E-state index in [1.54, 1.807) is 0 Å². The minimum absolute atomic E-state index is 0.0900. The van der Waals surface area contributed by atoms with Crippen LogP contribution in [0.2, 0.25) is 0 Å². The maximum absolute atomic E-state index is 12.3. The lowest BCUT2D eigenvalue weighted by Crippen LogP contribution is -2.28. The van der Waals surface area contributed by atoms with Gasteiger partial charge in [-0.3, -0.25) is 9.59 Å². The minimum atomic E-state index is -0.805. The van der Waals surface area contributed by atoms with Gasteiger partial charge in [0.25, 0.3) is 0 Å². The van der Waals surface area contributed by atoms with E-state index in [1.165, 1.54) is 89.9 Å². The van der Waals surface area contributed by atoms with Crippen molar-refractivity contribution in [3.8, 4) is 0 Å². The molecule has 1 N–H and O–H groups in total. The summed E-state index contributed by atoms with van der Waals surface area (Å²) in [5.41, 5.74) is 0. The maximum Gasteiger partial charge on any atom is 0.306 e. The van der Waals surface area contributed by atoms with Gasteiger partial charge in [0.1, 0.15) is 6.61 Å². The topological polar surface area (TPSA) is 72.8 Å². The molecule has 0 rings (SSSR count). The SMILES string of the molecule is CC/C=C\C/C=C\C/C=C\C/C=C\C/C=C\C/C=C\C/C=C\C/C=C\C/C=C\CCCCCC(=O)OC(CO)COC(=O)CCCCCCCCCCCCCCCCCC/C=C\C/C=C\C/C=C\C/C=C\C/C=C\C/C=C\CC. The second-order valence-corrected chi connectivity index (χ2v) is 20.7. The van der Waals surface area contributed by atoms with Crippen LogP contribution in [-0.4, -0.2) is 36.4 Å². The Kier molecular flexibility index (Phi) is 64.0. The Morgan fingerprint density at radius 2 is 0.500 bits per heavy atom. The van der Waals surface area contributed by atoms with E-state index >= 15 is 0 Å². The van der Waals surface area contributed by atoms with Gasteiger partial charge in [-0.05, 0) is 135 Å². The molecule has 0 radical (unpaired) electrons. The lowest BCUT2D eigenvalue weighted by molar-refractivity contribution is -0.161. The summed E-state index contributed by atoms with van der Waals surface area (Å²) in [6.07, 6.45) is 107. The zero-order chi connectivity index (χ0) is 57.6. The molecule has 0 fully saturated rings. The molecule has 0 aliphatic carbocycles. The van der Waals surface area contributed by atoms with Crippen molar-refractivity contribution in [1.82, 2.24) is 0 Å². The number of esters is 2. The third-order valence-electron chi connectivity index (χ3n) is 13.2. The average Bonchev–Trinajstić information content (AvgIpc) is 3.46.